The first-order chi connectivity index (χ1) is 14.8. The molecule has 5 aromatic rings. The van der Waals surface area contributed by atoms with Crippen molar-refractivity contribution in [2.45, 2.75) is 13.2 Å². The molecule has 148 valence electrons. The third kappa shape index (κ3) is 3.11. The largest absolute Gasteiger partial charge is 0.380 e. The number of aromatic amines is 2. The maximum absolute atomic E-state index is 10.6. The number of para-hydroxylation sites is 1. The van der Waals surface area contributed by atoms with Gasteiger partial charge in [-0.3, -0.25) is 10.1 Å². The summed E-state index contributed by atoms with van der Waals surface area (Å²) in [5.74, 6) is 0.673. The number of H-pyrrole nitrogens is 2. The Kier molecular flexibility index (Phi) is 4.49. The fourth-order valence-corrected chi connectivity index (χ4v) is 3.53. The number of hydrogen-bond acceptors (Lipinski definition) is 7. The minimum absolute atomic E-state index is 0.0796. The van der Waals surface area contributed by atoms with E-state index in [1.165, 1.54) is 0 Å². The number of nitrogens with one attached hydrogen (secondary N) is 2. The van der Waals surface area contributed by atoms with Gasteiger partial charge >= 0.3 is 0 Å². The first-order valence-electron chi connectivity index (χ1n) is 9.31. The van der Waals surface area contributed by atoms with Crippen LogP contribution < -0.4 is 0 Å². The van der Waals surface area contributed by atoms with Gasteiger partial charge in [-0.1, -0.05) is 17.3 Å². The Morgan fingerprint density at radius 3 is 2.90 bits per heavy atom. The summed E-state index contributed by atoms with van der Waals surface area (Å²) in [4.78, 5) is 27.4. The van der Waals surface area contributed by atoms with Crippen molar-refractivity contribution < 1.29 is 4.74 Å². The first kappa shape index (κ1) is 18.1. The van der Waals surface area contributed by atoms with Crippen LogP contribution in [0.15, 0.2) is 54.1 Å². The molecule has 0 fully saturated rings. The predicted octanol–water partition coefficient (Wildman–Crippen LogP) is 3.98. The number of nitroso groups, excluding NO2 is 1. The van der Waals surface area contributed by atoms with Crippen molar-refractivity contribution >= 4 is 22.1 Å². The molecule has 30 heavy (non-hydrogen) atoms. The van der Waals surface area contributed by atoms with Gasteiger partial charge in [0.25, 0.3) is 0 Å². The van der Waals surface area contributed by atoms with Crippen LogP contribution in [0.25, 0.3) is 44.7 Å². The van der Waals surface area contributed by atoms with Gasteiger partial charge in [-0.2, -0.15) is 10.0 Å². The Balaban J connectivity index is 1.62. The molecule has 0 saturated carbocycles. The van der Waals surface area contributed by atoms with Crippen LogP contribution in [0.3, 0.4) is 0 Å². The molecule has 0 atom stereocenters. The van der Waals surface area contributed by atoms with Crippen LogP contribution in [0.5, 0.6) is 0 Å². The van der Waals surface area contributed by atoms with Crippen LogP contribution in [0.4, 0.5) is 0 Å². The average Bonchev–Trinajstić information content (AvgIpc) is 3.38. The van der Waals surface area contributed by atoms with E-state index in [1.807, 2.05) is 30.3 Å². The molecule has 5 rings (SSSR count). The van der Waals surface area contributed by atoms with Gasteiger partial charge in [0.2, 0.25) is 0 Å². The van der Waals surface area contributed by atoms with E-state index in [4.69, 9.17) is 9.72 Å². The fraction of sp³-hybridized carbons (Fsp3) is 0.143. The van der Waals surface area contributed by atoms with Gasteiger partial charge in [-0.15, -0.1) is 0 Å². The summed E-state index contributed by atoms with van der Waals surface area (Å²) in [5.41, 5.74) is 6.59. The minimum atomic E-state index is 0.0796. The van der Waals surface area contributed by atoms with Gasteiger partial charge in [-0.25, -0.2) is 9.97 Å². The molecular formula is C21H17N7O2. The van der Waals surface area contributed by atoms with E-state index in [0.717, 1.165) is 44.4 Å². The molecule has 0 unspecified atom stereocenters. The molecule has 1 aromatic carbocycles. The minimum Gasteiger partial charge on any atom is -0.380 e. The van der Waals surface area contributed by atoms with E-state index < -0.39 is 0 Å². The number of hydrogen-bond donors (Lipinski definition) is 2. The number of aromatic nitrogens is 6. The molecule has 2 N–H and O–H groups in total. The lowest BCUT2D eigenvalue weighted by Gasteiger charge is -2.03. The van der Waals surface area contributed by atoms with Crippen LogP contribution in [0.1, 0.15) is 11.1 Å². The zero-order valence-corrected chi connectivity index (χ0v) is 16.1. The number of imidazole rings is 1. The Morgan fingerprint density at radius 1 is 1.13 bits per heavy atom. The Bertz CT molecular complexity index is 1370. The summed E-state index contributed by atoms with van der Waals surface area (Å²) in [5, 5.41) is 11.1. The molecule has 9 heteroatoms. The van der Waals surface area contributed by atoms with Crippen molar-refractivity contribution in [1.82, 2.24) is 30.1 Å². The van der Waals surface area contributed by atoms with E-state index in [-0.39, 0.29) is 6.54 Å². The second-order valence-electron chi connectivity index (χ2n) is 6.89. The zero-order valence-electron chi connectivity index (χ0n) is 16.1. The predicted molar refractivity (Wildman–Crippen MR) is 112 cm³/mol. The van der Waals surface area contributed by atoms with E-state index >= 15 is 0 Å². The number of benzene rings is 1. The number of methoxy groups -OCH3 is 1. The van der Waals surface area contributed by atoms with Crippen molar-refractivity contribution in [2.75, 3.05) is 7.11 Å². The number of ether oxygens (including phenoxy) is 1. The number of pyridine rings is 2. The monoisotopic (exact) mass is 399 g/mol. The molecule has 0 saturated heterocycles. The fourth-order valence-electron chi connectivity index (χ4n) is 3.53. The van der Waals surface area contributed by atoms with Gasteiger partial charge < -0.3 is 9.72 Å². The summed E-state index contributed by atoms with van der Waals surface area (Å²) in [6, 6.07) is 9.81. The topological polar surface area (TPSA) is 122 Å². The van der Waals surface area contributed by atoms with E-state index in [0.29, 0.717) is 18.1 Å². The molecule has 0 bridgehead atoms. The molecule has 9 nitrogen and oxygen atoms in total. The number of nitrogens with zero attached hydrogens (tertiary/aromatic N) is 5. The van der Waals surface area contributed by atoms with Crippen LogP contribution in [-0.2, 0) is 17.9 Å². The van der Waals surface area contributed by atoms with E-state index in [1.54, 1.807) is 25.7 Å². The standard InChI is InChI=1S/C21H17N7O2/c1-30-11-13-3-2-4-17-18(13)26-21(25-17)19-16-6-15(10-23-20(16)28-27-19)14-5-12(8-24-29)7-22-9-14/h2-7,9-10H,8,11H2,1H3,(H,25,26)(H,23,27,28). The van der Waals surface area contributed by atoms with Crippen LogP contribution in [-0.4, -0.2) is 37.2 Å². The summed E-state index contributed by atoms with van der Waals surface area (Å²) >= 11 is 0. The zero-order chi connectivity index (χ0) is 20.5. The van der Waals surface area contributed by atoms with Crippen LogP contribution in [0.2, 0.25) is 0 Å². The van der Waals surface area contributed by atoms with Crippen molar-refractivity contribution in [2.24, 2.45) is 5.18 Å². The van der Waals surface area contributed by atoms with Gasteiger partial charge in [-0.05, 0) is 23.8 Å². The molecule has 0 spiro atoms. The molecule has 0 aliphatic rings. The summed E-state index contributed by atoms with van der Waals surface area (Å²) in [6.45, 7) is 0.562. The lowest BCUT2D eigenvalue weighted by atomic mass is 10.1. The SMILES string of the molecule is COCc1cccc2[nH]c(-c3[nH]nc4ncc(-c5cncc(CN=O)c5)cc34)nc12. The quantitative estimate of drug-likeness (QED) is 0.417. The lowest BCUT2D eigenvalue weighted by Crippen LogP contribution is -1.89. The van der Waals surface area contributed by atoms with E-state index in [9.17, 15) is 4.91 Å². The molecule has 4 aromatic heterocycles. The molecule has 4 heterocycles. The van der Waals surface area contributed by atoms with Gasteiger partial charge in [0.15, 0.2) is 11.5 Å². The molecule has 0 aliphatic carbocycles. The summed E-state index contributed by atoms with van der Waals surface area (Å²) in [7, 11) is 1.66. The molecular weight excluding hydrogens is 382 g/mol. The molecule has 0 aliphatic heterocycles. The maximum atomic E-state index is 10.6. The maximum Gasteiger partial charge on any atom is 0.181 e. The third-order valence-electron chi connectivity index (χ3n) is 4.92. The van der Waals surface area contributed by atoms with Crippen molar-refractivity contribution in [3.63, 3.8) is 0 Å². The van der Waals surface area contributed by atoms with Crippen molar-refractivity contribution in [1.29, 1.82) is 0 Å². The highest BCUT2D eigenvalue weighted by Gasteiger charge is 2.15. The number of fused-ring (bicyclic) bond motifs is 2. The van der Waals surface area contributed by atoms with Gasteiger partial charge in [0.05, 0.1) is 23.0 Å². The highest BCUT2D eigenvalue weighted by molar-refractivity contribution is 5.93. The normalized spacial score (nSPS) is 11.4. The highest BCUT2D eigenvalue weighted by Crippen LogP contribution is 2.30. The lowest BCUT2D eigenvalue weighted by molar-refractivity contribution is 0.186. The van der Waals surface area contributed by atoms with Gasteiger partial charge in [0, 0.05) is 42.4 Å². The van der Waals surface area contributed by atoms with Crippen molar-refractivity contribution in [3.05, 3.63) is 65.0 Å². The third-order valence-corrected chi connectivity index (χ3v) is 4.92. The summed E-state index contributed by atoms with van der Waals surface area (Å²) < 4.78 is 5.28. The van der Waals surface area contributed by atoms with E-state index in [2.05, 4.69) is 30.3 Å². The molecule has 0 radical (unpaired) electrons. The smallest absolute Gasteiger partial charge is 0.181 e. The van der Waals surface area contributed by atoms with Crippen LogP contribution in [0, 0.1) is 4.91 Å². The second kappa shape index (κ2) is 7.45. The summed E-state index contributed by atoms with van der Waals surface area (Å²) in [6.07, 6.45) is 5.10. The number of rotatable bonds is 6. The molecule has 0 amide bonds. The van der Waals surface area contributed by atoms with Crippen molar-refractivity contribution in [3.8, 4) is 22.6 Å². The Hall–Kier alpha value is -3.98. The second-order valence-corrected chi connectivity index (χ2v) is 6.89. The highest BCUT2D eigenvalue weighted by atomic mass is 16.5. The van der Waals surface area contributed by atoms with Gasteiger partial charge in [0.1, 0.15) is 12.2 Å². The average molecular weight is 399 g/mol. The van der Waals surface area contributed by atoms with Crippen LogP contribution >= 0.6 is 0 Å². The Morgan fingerprint density at radius 2 is 2.03 bits per heavy atom. The first-order valence-corrected chi connectivity index (χ1v) is 9.31. The Labute approximate surface area is 170 Å².